The molecular weight excluding hydrogens is 458 g/mol. The van der Waals surface area contributed by atoms with Gasteiger partial charge in [-0.2, -0.15) is 18.4 Å². The van der Waals surface area contributed by atoms with Gasteiger partial charge in [0, 0.05) is 41.9 Å². The van der Waals surface area contributed by atoms with Crippen molar-refractivity contribution >= 4 is 39.6 Å². The van der Waals surface area contributed by atoms with E-state index in [1.165, 1.54) is 18.2 Å². The second-order valence-corrected chi connectivity index (χ2v) is 7.45. The number of benzene rings is 2. The quantitative estimate of drug-likeness (QED) is 0.318. The number of halogens is 5. The summed E-state index contributed by atoms with van der Waals surface area (Å²) in [6.45, 7) is 0.234. The summed E-state index contributed by atoms with van der Waals surface area (Å²) >= 11 is 5.83. The van der Waals surface area contributed by atoms with Gasteiger partial charge in [0.05, 0.1) is 27.4 Å². The van der Waals surface area contributed by atoms with Crippen molar-refractivity contribution in [3.05, 3.63) is 88.6 Å². The summed E-state index contributed by atoms with van der Waals surface area (Å²) in [7, 11) is 0. The van der Waals surface area contributed by atoms with Crippen molar-refractivity contribution in [2.24, 2.45) is 0 Å². The number of anilines is 3. The number of alkyl halides is 3. The largest absolute Gasteiger partial charge is 0.418 e. The molecule has 0 saturated heterocycles. The molecule has 5 nitrogen and oxygen atoms in total. The van der Waals surface area contributed by atoms with Crippen LogP contribution in [0.3, 0.4) is 0 Å². The molecule has 4 rings (SSSR count). The van der Waals surface area contributed by atoms with Gasteiger partial charge in [-0.1, -0.05) is 17.7 Å². The predicted octanol–water partition coefficient (Wildman–Crippen LogP) is 6.67. The van der Waals surface area contributed by atoms with E-state index in [1.807, 2.05) is 6.07 Å². The lowest BCUT2D eigenvalue weighted by Gasteiger charge is -2.17. The van der Waals surface area contributed by atoms with Crippen LogP contribution < -0.4 is 10.6 Å². The zero-order valence-corrected chi connectivity index (χ0v) is 17.5. The van der Waals surface area contributed by atoms with Crippen LogP contribution in [-0.4, -0.2) is 9.97 Å². The number of rotatable bonds is 5. The second kappa shape index (κ2) is 8.92. The molecule has 2 aromatic heterocycles. The van der Waals surface area contributed by atoms with Crippen molar-refractivity contribution in [3.8, 4) is 6.07 Å². The number of nitrogens with zero attached hydrogens (tertiary/aromatic N) is 3. The molecular formula is C23H14ClF4N5. The first kappa shape index (κ1) is 22.3. The van der Waals surface area contributed by atoms with Gasteiger partial charge in [0.25, 0.3) is 0 Å². The molecule has 0 aliphatic heterocycles. The Bertz CT molecular complexity index is 1370. The van der Waals surface area contributed by atoms with Gasteiger partial charge in [0.2, 0.25) is 0 Å². The number of hydrogen-bond acceptors (Lipinski definition) is 5. The Hall–Kier alpha value is -3.90. The molecule has 0 spiro atoms. The van der Waals surface area contributed by atoms with Crippen LogP contribution in [0.1, 0.15) is 16.7 Å². The van der Waals surface area contributed by atoms with Gasteiger partial charge in [0.15, 0.2) is 0 Å². The maximum atomic E-state index is 13.9. The molecule has 2 aromatic carbocycles. The molecule has 0 aliphatic carbocycles. The van der Waals surface area contributed by atoms with Crippen LogP contribution in [0, 0.1) is 17.1 Å². The Kier molecular flexibility index (Phi) is 6.03. The fourth-order valence-electron chi connectivity index (χ4n) is 3.27. The van der Waals surface area contributed by atoms with Gasteiger partial charge < -0.3 is 10.6 Å². The number of aromatic nitrogens is 2. The number of nitriles is 1. The molecule has 0 fully saturated rings. The maximum Gasteiger partial charge on any atom is 0.418 e. The molecule has 2 N–H and O–H groups in total. The van der Waals surface area contributed by atoms with E-state index in [4.69, 9.17) is 11.6 Å². The normalized spacial score (nSPS) is 11.3. The third kappa shape index (κ3) is 4.81. The first-order valence-electron chi connectivity index (χ1n) is 9.55. The summed E-state index contributed by atoms with van der Waals surface area (Å²) in [5, 5.41) is 15.3. The Morgan fingerprint density at radius 2 is 1.88 bits per heavy atom. The topological polar surface area (TPSA) is 73.6 Å². The van der Waals surface area contributed by atoms with Crippen molar-refractivity contribution in [1.82, 2.24) is 9.97 Å². The minimum atomic E-state index is -4.69. The fourth-order valence-corrected chi connectivity index (χ4v) is 3.45. The van der Waals surface area contributed by atoms with Crippen LogP contribution in [-0.2, 0) is 12.7 Å². The highest BCUT2D eigenvalue weighted by Gasteiger charge is 2.34. The van der Waals surface area contributed by atoms with E-state index in [2.05, 4.69) is 20.6 Å². The van der Waals surface area contributed by atoms with Crippen molar-refractivity contribution < 1.29 is 17.6 Å². The summed E-state index contributed by atoms with van der Waals surface area (Å²) in [6.07, 6.45) is -0.440. The summed E-state index contributed by atoms with van der Waals surface area (Å²) in [6, 6.07) is 11.6. The van der Waals surface area contributed by atoms with Crippen LogP contribution in [0.4, 0.5) is 34.6 Å². The lowest BCUT2D eigenvalue weighted by Crippen LogP contribution is -2.10. The summed E-state index contributed by atoms with van der Waals surface area (Å²) in [5.74, 6) is -0.649. The standard InChI is InChI=1S/C23H14ClF4N5/c24-19-8-15(3-4-20(19)25)33-21-14(9-29)12-32-22-17(21)6-16(7-18(22)23(26,27)28)31-11-13-2-1-5-30-10-13/h1-8,10,12,31H,11H2,(H,32,33). The molecule has 166 valence electrons. The average Bonchev–Trinajstić information content (AvgIpc) is 2.80. The highest BCUT2D eigenvalue weighted by Crippen LogP contribution is 2.40. The third-order valence-electron chi connectivity index (χ3n) is 4.81. The van der Waals surface area contributed by atoms with Gasteiger partial charge >= 0.3 is 6.18 Å². The molecule has 4 aromatic rings. The molecule has 10 heteroatoms. The number of nitrogens with one attached hydrogen (secondary N) is 2. The lowest BCUT2D eigenvalue weighted by atomic mass is 10.0. The Balaban J connectivity index is 1.86. The van der Waals surface area contributed by atoms with Crippen LogP contribution >= 0.6 is 11.6 Å². The van der Waals surface area contributed by atoms with Crippen molar-refractivity contribution in [3.63, 3.8) is 0 Å². The monoisotopic (exact) mass is 471 g/mol. The minimum Gasteiger partial charge on any atom is -0.381 e. The lowest BCUT2D eigenvalue weighted by molar-refractivity contribution is -0.136. The van der Waals surface area contributed by atoms with E-state index >= 15 is 0 Å². The SMILES string of the molecule is N#Cc1cnc2c(C(F)(F)F)cc(NCc3cccnc3)cc2c1Nc1ccc(F)c(Cl)c1. The maximum absolute atomic E-state index is 13.9. The van der Waals surface area contributed by atoms with Gasteiger partial charge in [-0.15, -0.1) is 0 Å². The van der Waals surface area contributed by atoms with E-state index in [0.29, 0.717) is 5.69 Å². The molecule has 0 aliphatic rings. The number of hydrogen-bond donors (Lipinski definition) is 2. The van der Waals surface area contributed by atoms with Gasteiger partial charge in [0.1, 0.15) is 11.9 Å². The molecule has 0 radical (unpaired) electrons. The summed E-state index contributed by atoms with van der Waals surface area (Å²) in [4.78, 5) is 7.89. The Labute approximate surface area is 190 Å². The van der Waals surface area contributed by atoms with Crippen molar-refractivity contribution in [1.29, 1.82) is 5.26 Å². The predicted molar refractivity (Wildman–Crippen MR) is 118 cm³/mol. The number of fused-ring (bicyclic) bond motifs is 1. The molecule has 0 amide bonds. The third-order valence-corrected chi connectivity index (χ3v) is 5.10. The highest BCUT2D eigenvalue weighted by atomic mass is 35.5. The van der Waals surface area contributed by atoms with Gasteiger partial charge in [-0.05, 0) is 42.0 Å². The van der Waals surface area contributed by atoms with Crippen molar-refractivity contribution in [2.45, 2.75) is 12.7 Å². The molecule has 0 unspecified atom stereocenters. The zero-order valence-electron chi connectivity index (χ0n) is 16.7. The van der Waals surface area contributed by atoms with E-state index in [1.54, 1.807) is 24.5 Å². The zero-order chi connectivity index (χ0) is 23.6. The first-order chi connectivity index (χ1) is 15.8. The minimum absolute atomic E-state index is 0.0143. The fraction of sp³-hybridized carbons (Fsp3) is 0.0870. The van der Waals surface area contributed by atoms with E-state index in [9.17, 15) is 22.8 Å². The van der Waals surface area contributed by atoms with Crippen LogP contribution in [0.5, 0.6) is 0 Å². The first-order valence-corrected chi connectivity index (χ1v) is 9.93. The average molecular weight is 472 g/mol. The summed E-state index contributed by atoms with van der Waals surface area (Å²) < 4.78 is 55.2. The summed E-state index contributed by atoms with van der Waals surface area (Å²) in [5.41, 5.74) is 0.0708. The molecule has 2 heterocycles. The van der Waals surface area contributed by atoms with Crippen LogP contribution in [0.15, 0.2) is 61.1 Å². The van der Waals surface area contributed by atoms with E-state index in [0.717, 1.165) is 23.9 Å². The Morgan fingerprint density at radius 3 is 2.55 bits per heavy atom. The van der Waals surface area contributed by atoms with Gasteiger partial charge in [-0.3, -0.25) is 9.97 Å². The second-order valence-electron chi connectivity index (χ2n) is 7.05. The molecule has 0 bridgehead atoms. The van der Waals surface area contributed by atoms with E-state index in [-0.39, 0.29) is 39.4 Å². The van der Waals surface area contributed by atoms with Crippen LogP contribution in [0.25, 0.3) is 10.9 Å². The molecule has 0 atom stereocenters. The Morgan fingerprint density at radius 1 is 1.06 bits per heavy atom. The van der Waals surface area contributed by atoms with Crippen molar-refractivity contribution in [2.75, 3.05) is 10.6 Å². The van der Waals surface area contributed by atoms with Crippen LogP contribution in [0.2, 0.25) is 5.02 Å². The van der Waals surface area contributed by atoms with Gasteiger partial charge in [-0.25, -0.2) is 4.39 Å². The van der Waals surface area contributed by atoms with E-state index < -0.39 is 17.6 Å². The number of pyridine rings is 2. The smallest absolute Gasteiger partial charge is 0.381 e. The highest BCUT2D eigenvalue weighted by molar-refractivity contribution is 6.31. The molecule has 0 saturated carbocycles. The molecule has 33 heavy (non-hydrogen) atoms.